The van der Waals surface area contributed by atoms with E-state index in [2.05, 4.69) is 29.2 Å². The molecule has 3 nitrogen and oxygen atoms in total. The van der Waals surface area contributed by atoms with Crippen molar-refractivity contribution in [2.75, 3.05) is 11.5 Å². The van der Waals surface area contributed by atoms with Gasteiger partial charge in [0.05, 0.1) is 6.00 Å². The Morgan fingerprint density at radius 2 is 2.46 bits per heavy atom. The molecule has 2 unspecified atom stereocenters. The summed E-state index contributed by atoms with van der Waals surface area (Å²) in [5, 5.41) is 9.94. The first-order valence-electron chi connectivity index (χ1n) is 4.19. The minimum atomic E-state index is -0.638. The highest BCUT2D eigenvalue weighted by Crippen LogP contribution is 2.34. The van der Waals surface area contributed by atoms with Crippen LogP contribution in [0, 0.1) is 0 Å². The zero-order chi connectivity index (χ0) is 10.1. The molecule has 13 heavy (non-hydrogen) atoms. The molecular formula is C8H14BIO3. The van der Waals surface area contributed by atoms with Crippen molar-refractivity contribution in [1.29, 1.82) is 0 Å². The van der Waals surface area contributed by atoms with Gasteiger partial charge in [0.1, 0.15) is 25.7 Å². The number of hydrogen-bond donors (Lipinski definition) is 1. The number of aliphatic hydroxyl groups excluding tert-OH is 1. The molecule has 1 N–H and O–H groups in total. The molecule has 74 valence electrons. The van der Waals surface area contributed by atoms with E-state index in [4.69, 9.17) is 9.47 Å². The molecule has 4 atom stereocenters. The fourth-order valence-electron chi connectivity index (χ4n) is 1.67. The number of alkyl halides is 1. The van der Waals surface area contributed by atoms with E-state index >= 15 is 0 Å². The van der Waals surface area contributed by atoms with Gasteiger partial charge in [-0.15, -0.1) is 6.58 Å². The van der Waals surface area contributed by atoms with Gasteiger partial charge in [-0.2, -0.15) is 0 Å². The normalized spacial score (nSPS) is 45.0. The van der Waals surface area contributed by atoms with Crippen molar-refractivity contribution in [2.45, 2.75) is 23.8 Å². The van der Waals surface area contributed by atoms with Gasteiger partial charge in [-0.05, 0) is 0 Å². The van der Waals surface area contributed by atoms with Crippen molar-refractivity contribution in [1.82, 2.24) is 0 Å². The fraction of sp³-hybridized carbons (Fsp3) is 0.750. The SMILES string of the molecule is B[C@@H]1O[C@](C=C)(CI)C(O)C1OC. The van der Waals surface area contributed by atoms with E-state index in [1.807, 2.05) is 7.85 Å². The van der Waals surface area contributed by atoms with Crippen molar-refractivity contribution < 1.29 is 14.6 Å². The van der Waals surface area contributed by atoms with E-state index in [1.54, 1.807) is 13.2 Å². The highest BCUT2D eigenvalue weighted by Gasteiger charge is 2.50. The van der Waals surface area contributed by atoms with Gasteiger partial charge in [-0.25, -0.2) is 0 Å². The molecule has 0 aromatic heterocycles. The third-order valence-electron chi connectivity index (χ3n) is 2.51. The minimum absolute atomic E-state index is 0.0900. The summed E-state index contributed by atoms with van der Waals surface area (Å²) in [5.74, 6) is 0. The van der Waals surface area contributed by atoms with E-state index in [0.29, 0.717) is 4.43 Å². The summed E-state index contributed by atoms with van der Waals surface area (Å²) in [7, 11) is 3.48. The fourth-order valence-corrected chi connectivity index (χ4v) is 2.61. The second-order valence-corrected chi connectivity index (χ2v) is 4.02. The van der Waals surface area contributed by atoms with Crippen LogP contribution in [-0.4, -0.2) is 48.3 Å². The van der Waals surface area contributed by atoms with E-state index in [-0.39, 0.29) is 12.1 Å². The van der Waals surface area contributed by atoms with E-state index in [9.17, 15) is 5.11 Å². The van der Waals surface area contributed by atoms with Crippen LogP contribution in [0.25, 0.3) is 0 Å². The van der Waals surface area contributed by atoms with Crippen LogP contribution in [-0.2, 0) is 9.47 Å². The Labute approximate surface area is 93.0 Å². The Bertz CT molecular complexity index is 202. The molecule has 5 heteroatoms. The molecule has 0 aromatic carbocycles. The average Bonchev–Trinajstić information content (AvgIpc) is 2.38. The van der Waals surface area contributed by atoms with Gasteiger partial charge in [-0.1, -0.05) is 28.7 Å². The van der Waals surface area contributed by atoms with Gasteiger partial charge in [0.25, 0.3) is 0 Å². The predicted octanol–water partition coefficient (Wildman–Crippen LogP) is -0.289. The molecule has 1 aliphatic heterocycles. The summed E-state index contributed by atoms with van der Waals surface area (Å²) in [6, 6.07) is -0.0900. The van der Waals surface area contributed by atoms with Crippen LogP contribution < -0.4 is 0 Å². The molecule has 0 aliphatic carbocycles. The van der Waals surface area contributed by atoms with Gasteiger partial charge < -0.3 is 14.6 Å². The van der Waals surface area contributed by atoms with E-state index < -0.39 is 11.7 Å². The van der Waals surface area contributed by atoms with Crippen LogP contribution in [0.2, 0.25) is 0 Å². The quantitative estimate of drug-likeness (QED) is 0.337. The topological polar surface area (TPSA) is 38.7 Å². The van der Waals surface area contributed by atoms with Crippen LogP contribution in [0.5, 0.6) is 0 Å². The van der Waals surface area contributed by atoms with Crippen LogP contribution in [0.15, 0.2) is 12.7 Å². The summed E-state index contributed by atoms with van der Waals surface area (Å²) < 4.78 is 11.5. The number of halogens is 1. The van der Waals surface area contributed by atoms with E-state index in [0.717, 1.165) is 0 Å². The molecule has 0 saturated carbocycles. The Kier molecular flexibility index (Phi) is 3.79. The zero-order valence-corrected chi connectivity index (χ0v) is 10.0. The van der Waals surface area contributed by atoms with Crippen molar-refractivity contribution in [2.24, 2.45) is 0 Å². The molecule has 1 rings (SSSR count). The summed E-state index contributed by atoms with van der Waals surface area (Å²) in [6.45, 7) is 3.69. The maximum absolute atomic E-state index is 9.94. The summed E-state index contributed by atoms with van der Waals surface area (Å²) in [4.78, 5) is 0. The van der Waals surface area contributed by atoms with Crippen molar-refractivity contribution in [3.8, 4) is 0 Å². The molecule has 0 amide bonds. The van der Waals surface area contributed by atoms with Gasteiger partial charge in [0.15, 0.2) is 0 Å². The van der Waals surface area contributed by atoms with Crippen molar-refractivity contribution >= 4 is 30.4 Å². The molecule has 0 bridgehead atoms. The number of ether oxygens (including phenoxy) is 2. The first-order valence-corrected chi connectivity index (χ1v) is 5.72. The molecule has 0 aromatic rings. The summed E-state index contributed by atoms with van der Waals surface area (Å²) >= 11 is 2.18. The molecule has 1 fully saturated rings. The average molecular weight is 296 g/mol. The number of hydrogen-bond acceptors (Lipinski definition) is 3. The predicted molar refractivity (Wildman–Crippen MR) is 62.0 cm³/mol. The molecule has 1 aliphatic rings. The van der Waals surface area contributed by atoms with Crippen LogP contribution in [0.1, 0.15) is 0 Å². The highest BCUT2D eigenvalue weighted by molar-refractivity contribution is 14.1. The smallest absolute Gasteiger partial charge is 0.142 e. The highest BCUT2D eigenvalue weighted by atomic mass is 127. The number of methoxy groups -OCH3 is 1. The maximum atomic E-state index is 9.94. The van der Waals surface area contributed by atoms with Crippen LogP contribution in [0.4, 0.5) is 0 Å². The lowest BCUT2D eigenvalue weighted by Crippen LogP contribution is -2.43. The molecule has 0 spiro atoms. The Morgan fingerprint density at radius 3 is 2.69 bits per heavy atom. The zero-order valence-electron chi connectivity index (χ0n) is 7.87. The standard InChI is InChI=1S/C8H14BIO3/c1-3-8(4-10)6(11)5(12-2)7(9)13-8/h3,5-7,11H,1,4,9H2,2H3/t5?,6?,7-,8-/m1/s1. The summed E-state index contributed by atoms with van der Waals surface area (Å²) in [5.41, 5.74) is -0.638. The lowest BCUT2D eigenvalue weighted by molar-refractivity contribution is -0.0197. The second kappa shape index (κ2) is 4.29. The lowest BCUT2D eigenvalue weighted by Gasteiger charge is -2.26. The lowest BCUT2D eigenvalue weighted by atomic mass is 9.90. The van der Waals surface area contributed by atoms with Gasteiger partial charge in [0.2, 0.25) is 0 Å². The monoisotopic (exact) mass is 296 g/mol. The molecule has 0 radical (unpaired) electrons. The third-order valence-corrected chi connectivity index (χ3v) is 3.70. The maximum Gasteiger partial charge on any atom is 0.142 e. The largest absolute Gasteiger partial charge is 0.387 e. The Balaban J connectivity index is 2.86. The molecule has 1 heterocycles. The van der Waals surface area contributed by atoms with Crippen LogP contribution >= 0.6 is 22.6 Å². The first-order chi connectivity index (χ1) is 6.11. The van der Waals surface area contributed by atoms with Gasteiger partial charge in [-0.3, -0.25) is 0 Å². The van der Waals surface area contributed by atoms with Gasteiger partial charge >= 0.3 is 0 Å². The minimum Gasteiger partial charge on any atom is -0.387 e. The number of rotatable bonds is 3. The number of aliphatic hydroxyl groups is 1. The van der Waals surface area contributed by atoms with E-state index in [1.165, 1.54) is 0 Å². The molecule has 1 saturated heterocycles. The first kappa shape index (κ1) is 11.5. The molecular weight excluding hydrogens is 282 g/mol. The Morgan fingerprint density at radius 1 is 1.85 bits per heavy atom. The second-order valence-electron chi connectivity index (χ2n) is 3.26. The van der Waals surface area contributed by atoms with Gasteiger partial charge in [0, 0.05) is 11.5 Å². The van der Waals surface area contributed by atoms with Crippen LogP contribution in [0.3, 0.4) is 0 Å². The van der Waals surface area contributed by atoms with Crippen molar-refractivity contribution in [3.05, 3.63) is 12.7 Å². The summed E-state index contributed by atoms with van der Waals surface area (Å²) in [6.07, 6.45) is 0.786. The van der Waals surface area contributed by atoms with Crippen molar-refractivity contribution in [3.63, 3.8) is 0 Å². The third kappa shape index (κ3) is 1.79. The Hall–Kier alpha value is 0.415.